The SMILES string of the molecule is CN(Cc1ccc(C(F)(F)F)c(F)c1)[C@H]1CN(C(=O)c2ccc(-c3nnco3)cc2)C[C@@H]1c1ccccc1.Cc1ccc(CN(C)[C@H]2CN(C(=O)N3CCN(CCN(C)C)CC3)C[C@@H]2c2ccccc2)cc1F. The first-order valence-electron chi connectivity index (χ1n) is 24.7. The summed E-state index contributed by atoms with van der Waals surface area (Å²) in [5.74, 6) is -1.06. The Morgan fingerprint density at radius 3 is 1.73 bits per heavy atom. The maximum absolute atomic E-state index is 14.2. The van der Waals surface area contributed by atoms with E-state index in [1.54, 1.807) is 42.2 Å². The van der Waals surface area contributed by atoms with Gasteiger partial charge in [0.2, 0.25) is 12.3 Å². The van der Waals surface area contributed by atoms with Gasteiger partial charge in [0.15, 0.2) is 0 Å². The van der Waals surface area contributed by atoms with Gasteiger partial charge in [-0.2, -0.15) is 13.2 Å². The summed E-state index contributed by atoms with van der Waals surface area (Å²) in [6.07, 6.45) is -3.51. The molecule has 1 aromatic heterocycles. The number of hydrogen-bond donors (Lipinski definition) is 0. The summed E-state index contributed by atoms with van der Waals surface area (Å²) in [6, 6.07) is 35.8. The Morgan fingerprint density at radius 1 is 0.658 bits per heavy atom. The van der Waals surface area contributed by atoms with Crippen molar-refractivity contribution in [3.05, 3.63) is 178 Å². The Hall–Kier alpha value is -6.53. The lowest BCUT2D eigenvalue weighted by Crippen LogP contribution is -2.53. The number of carbonyl (C=O) groups is 2. The van der Waals surface area contributed by atoms with E-state index in [2.05, 4.69) is 70.3 Å². The van der Waals surface area contributed by atoms with Crippen molar-refractivity contribution in [3.63, 3.8) is 0 Å². The largest absolute Gasteiger partial charge is 0.423 e. The molecule has 386 valence electrons. The molecule has 0 saturated carbocycles. The summed E-state index contributed by atoms with van der Waals surface area (Å²) in [6.45, 7) is 10.4. The summed E-state index contributed by atoms with van der Waals surface area (Å²) < 4.78 is 72.5. The molecule has 6 aromatic rings. The van der Waals surface area contributed by atoms with Crippen molar-refractivity contribution < 1.29 is 36.0 Å². The summed E-state index contributed by atoms with van der Waals surface area (Å²) in [5.41, 5.74) is 4.27. The monoisotopic (exact) mass is 1010 g/mol. The van der Waals surface area contributed by atoms with E-state index < -0.39 is 17.6 Å². The minimum Gasteiger partial charge on any atom is -0.423 e. The van der Waals surface area contributed by atoms with Crippen LogP contribution in [0.5, 0.6) is 0 Å². The highest BCUT2D eigenvalue weighted by atomic mass is 19.4. The third kappa shape index (κ3) is 13.2. The molecular weight excluding hydrogens is 942 g/mol. The highest BCUT2D eigenvalue weighted by molar-refractivity contribution is 5.95. The average Bonchev–Trinajstić information content (AvgIpc) is 4.19. The van der Waals surface area contributed by atoms with Gasteiger partial charge in [-0.15, -0.1) is 10.2 Å². The number of alkyl halides is 3. The number of benzene rings is 5. The molecule has 0 spiro atoms. The van der Waals surface area contributed by atoms with E-state index in [9.17, 15) is 31.5 Å². The Morgan fingerprint density at radius 2 is 1.21 bits per heavy atom. The molecule has 9 rings (SSSR count). The van der Waals surface area contributed by atoms with Crippen molar-refractivity contribution in [2.24, 2.45) is 0 Å². The lowest BCUT2D eigenvalue weighted by molar-refractivity contribution is -0.140. The highest BCUT2D eigenvalue weighted by Crippen LogP contribution is 2.36. The van der Waals surface area contributed by atoms with E-state index in [4.69, 9.17) is 4.42 Å². The van der Waals surface area contributed by atoms with Gasteiger partial charge in [-0.1, -0.05) is 78.9 Å². The molecule has 0 radical (unpaired) electrons. The van der Waals surface area contributed by atoms with Gasteiger partial charge >= 0.3 is 12.2 Å². The van der Waals surface area contributed by atoms with Gasteiger partial charge in [0, 0.05) is 114 Å². The van der Waals surface area contributed by atoms with Crippen molar-refractivity contribution in [1.82, 2.24) is 44.5 Å². The molecular formula is C56H64F5N9O3. The molecule has 0 bridgehead atoms. The molecule has 4 atom stereocenters. The lowest BCUT2D eigenvalue weighted by atomic mass is 9.93. The van der Waals surface area contributed by atoms with Crippen LogP contribution in [-0.4, -0.2) is 162 Å². The zero-order valence-electron chi connectivity index (χ0n) is 42.1. The molecule has 0 N–H and O–H groups in total. The number of rotatable bonds is 13. The van der Waals surface area contributed by atoms with Crippen LogP contribution in [0.25, 0.3) is 11.5 Å². The normalized spacial score (nSPS) is 19.5. The summed E-state index contributed by atoms with van der Waals surface area (Å²) in [5, 5.41) is 7.53. The third-order valence-electron chi connectivity index (χ3n) is 14.4. The number of halogens is 5. The molecule has 0 unspecified atom stereocenters. The van der Waals surface area contributed by atoms with Gasteiger partial charge in [-0.25, -0.2) is 13.6 Å². The number of likely N-dealkylation sites (tertiary alicyclic amines) is 2. The number of carbonyl (C=O) groups excluding carboxylic acids is 2. The van der Waals surface area contributed by atoms with Crippen LogP contribution in [0, 0.1) is 18.6 Å². The minimum atomic E-state index is -4.75. The van der Waals surface area contributed by atoms with Crippen molar-refractivity contribution in [1.29, 1.82) is 0 Å². The number of nitrogens with zero attached hydrogens (tertiary/aromatic N) is 9. The second kappa shape index (κ2) is 23.6. The topological polar surface area (TPSA) is 95.7 Å². The van der Waals surface area contributed by atoms with Crippen molar-refractivity contribution in [3.8, 4) is 11.5 Å². The molecule has 3 amide bonds. The molecule has 3 fully saturated rings. The molecule has 17 heteroatoms. The fraction of sp³-hybridized carbons (Fsp3) is 0.393. The van der Waals surface area contributed by atoms with Crippen molar-refractivity contribution >= 4 is 11.9 Å². The van der Waals surface area contributed by atoms with E-state index in [0.29, 0.717) is 60.9 Å². The zero-order valence-corrected chi connectivity index (χ0v) is 42.1. The Bertz CT molecular complexity index is 2740. The van der Waals surface area contributed by atoms with Gasteiger partial charge in [-0.05, 0) is 105 Å². The third-order valence-corrected chi connectivity index (χ3v) is 14.4. The molecule has 12 nitrogen and oxygen atoms in total. The summed E-state index contributed by atoms with van der Waals surface area (Å²) in [4.78, 5) is 41.7. The Balaban J connectivity index is 0.000000196. The predicted octanol–water partition coefficient (Wildman–Crippen LogP) is 8.97. The number of likely N-dealkylation sites (N-methyl/N-ethyl adjacent to an activating group) is 3. The number of aryl methyl sites for hydroxylation is 1. The first-order valence-corrected chi connectivity index (χ1v) is 24.7. The maximum Gasteiger partial charge on any atom is 0.419 e. The molecule has 3 aliphatic rings. The lowest BCUT2D eigenvalue weighted by Gasteiger charge is -2.37. The molecule has 5 aromatic carbocycles. The van der Waals surface area contributed by atoms with Crippen LogP contribution in [0.2, 0.25) is 0 Å². The molecule has 3 saturated heterocycles. The minimum absolute atomic E-state index is 0.0397. The number of urea groups is 1. The fourth-order valence-electron chi connectivity index (χ4n) is 10.2. The number of amides is 3. The second-order valence-electron chi connectivity index (χ2n) is 19.7. The van der Waals surface area contributed by atoms with Gasteiger partial charge < -0.3 is 24.0 Å². The van der Waals surface area contributed by atoms with Gasteiger partial charge in [0.05, 0.1) is 5.56 Å². The van der Waals surface area contributed by atoms with Gasteiger partial charge in [0.1, 0.15) is 11.6 Å². The Labute approximate surface area is 424 Å². The summed E-state index contributed by atoms with van der Waals surface area (Å²) in [7, 11) is 8.12. The second-order valence-corrected chi connectivity index (χ2v) is 19.7. The van der Waals surface area contributed by atoms with E-state index in [1.807, 2.05) is 70.3 Å². The van der Waals surface area contributed by atoms with Crippen LogP contribution in [0.3, 0.4) is 0 Å². The Kier molecular flexibility index (Phi) is 17.0. The van der Waals surface area contributed by atoms with Crippen LogP contribution in [0.1, 0.15) is 55.6 Å². The quantitative estimate of drug-likeness (QED) is 0.105. The average molecular weight is 1010 g/mol. The van der Waals surface area contributed by atoms with Gasteiger partial charge in [0.25, 0.3) is 5.91 Å². The van der Waals surface area contributed by atoms with Gasteiger partial charge in [-0.3, -0.25) is 19.5 Å². The maximum atomic E-state index is 14.2. The highest BCUT2D eigenvalue weighted by Gasteiger charge is 2.41. The van der Waals surface area contributed by atoms with Crippen molar-refractivity contribution in [2.75, 3.05) is 93.6 Å². The molecule has 4 heterocycles. The van der Waals surface area contributed by atoms with Crippen molar-refractivity contribution in [2.45, 2.75) is 50.1 Å². The summed E-state index contributed by atoms with van der Waals surface area (Å²) >= 11 is 0. The van der Waals surface area contributed by atoms with E-state index in [1.165, 1.54) is 18.0 Å². The first kappa shape index (κ1) is 52.8. The first-order chi connectivity index (χ1) is 35.0. The standard InChI is InChI=1S/C28H24F4N4O2.C28H40FN5O/c1-35(14-18-7-12-23(24(29)13-18)28(30,31)32)25-16-36(15-22(25)19-5-3-2-4-6-19)27(37)21-10-8-20(9-11-21)26-34-33-17-38-26;1-22-10-11-23(18-26(22)29)19-31(4)27-21-34(20-25(27)24-8-6-5-7-9-24)28(35)33-16-14-32(15-17-33)13-12-30(2)3/h2-13,17,22,25H,14-16H2,1H3;5-11,18,25,27H,12-17,19-21H2,1-4H3/t22-,25+;25-,27+/m11/s1. The van der Waals surface area contributed by atoms with Crippen LogP contribution in [-0.2, 0) is 19.3 Å². The van der Waals surface area contributed by atoms with Crippen LogP contribution in [0.15, 0.2) is 132 Å². The van der Waals surface area contributed by atoms with Crippen LogP contribution in [0.4, 0.5) is 26.7 Å². The number of piperazine rings is 1. The number of hydrogen-bond acceptors (Lipinski definition) is 9. The van der Waals surface area contributed by atoms with Crippen LogP contribution < -0.4 is 0 Å². The van der Waals surface area contributed by atoms with E-state index in [-0.39, 0.29) is 48.2 Å². The van der Waals surface area contributed by atoms with Crippen LogP contribution >= 0.6 is 0 Å². The molecule has 0 aliphatic carbocycles. The molecule has 73 heavy (non-hydrogen) atoms. The predicted molar refractivity (Wildman–Crippen MR) is 271 cm³/mol. The van der Waals surface area contributed by atoms with E-state index in [0.717, 1.165) is 62.5 Å². The fourth-order valence-corrected chi connectivity index (χ4v) is 10.2. The number of aromatic nitrogens is 2. The van der Waals surface area contributed by atoms with E-state index >= 15 is 0 Å². The molecule has 3 aliphatic heterocycles. The smallest absolute Gasteiger partial charge is 0.419 e. The zero-order chi connectivity index (χ0) is 51.8.